The van der Waals surface area contributed by atoms with E-state index in [-0.39, 0.29) is 5.92 Å². The average molecular weight is 249 g/mol. The number of tetrazole rings is 1. The molecule has 0 bridgehead atoms. The van der Waals surface area contributed by atoms with Gasteiger partial charge in [-0.1, -0.05) is 54.6 Å². The lowest BCUT2D eigenvalue weighted by Gasteiger charge is -2.14. The van der Waals surface area contributed by atoms with Gasteiger partial charge in [-0.2, -0.15) is 0 Å². The predicted octanol–water partition coefficient (Wildman–Crippen LogP) is 2.37. The fourth-order valence-corrected chi connectivity index (χ4v) is 2.17. The second-order valence-corrected chi connectivity index (χ2v) is 4.36. The summed E-state index contributed by atoms with van der Waals surface area (Å²) in [6, 6.07) is 21.3. The van der Waals surface area contributed by atoms with Crippen LogP contribution in [0.4, 0.5) is 0 Å². The summed E-state index contributed by atoms with van der Waals surface area (Å²) in [6.07, 6.45) is 0.857. The molecule has 19 heavy (non-hydrogen) atoms. The molecule has 0 aliphatic heterocycles. The standard InChI is InChI=1S/C15H13N4/c1-3-7-12(8-4-1)11-14(15-16-18-19-17-15)13-9-5-2-6-10-13/h2-10,14H,11H2,(H,16,17,18,19). The van der Waals surface area contributed by atoms with Crippen molar-refractivity contribution >= 4 is 0 Å². The number of hydrogen-bond donors (Lipinski definition) is 1. The maximum atomic E-state index is 4.06. The lowest BCUT2D eigenvalue weighted by atomic mass is 9.91. The summed E-state index contributed by atoms with van der Waals surface area (Å²) in [7, 11) is 0. The zero-order valence-electron chi connectivity index (χ0n) is 10.3. The van der Waals surface area contributed by atoms with Crippen LogP contribution in [0.3, 0.4) is 0 Å². The van der Waals surface area contributed by atoms with Gasteiger partial charge in [-0.25, -0.2) is 5.10 Å². The molecule has 0 aliphatic carbocycles. The van der Waals surface area contributed by atoms with Crippen molar-refractivity contribution in [2.24, 2.45) is 0 Å². The van der Waals surface area contributed by atoms with Gasteiger partial charge < -0.3 is 0 Å². The molecule has 93 valence electrons. The Labute approximate surface area is 111 Å². The van der Waals surface area contributed by atoms with Crippen molar-refractivity contribution < 1.29 is 0 Å². The highest BCUT2D eigenvalue weighted by molar-refractivity contribution is 5.28. The maximum absolute atomic E-state index is 4.06. The highest BCUT2D eigenvalue weighted by Gasteiger charge is 2.18. The Morgan fingerprint density at radius 3 is 2.53 bits per heavy atom. The Hall–Kier alpha value is -2.49. The third-order valence-electron chi connectivity index (χ3n) is 3.12. The van der Waals surface area contributed by atoms with E-state index in [4.69, 9.17) is 0 Å². The smallest absolute Gasteiger partial charge is 0.156 e. The minimum absolute atomic E-state index is 0.138. The van der Waals surface area contributed by atoms with E-state index in [1.807, 2.05) is 30.3 Å². The number of nitrogens with zero attached hydrogens (tertiary/aromatic N) is 3. The molecule has 1 atom stereocenters. The summed E-state index contributed by atoms with van der Waals surface area (Å²) in [6.45, 7) is 0. The summed E-state index contributed by atoms with van der Waals surface area (Å²) >= 11 is 0. The molecule has 1 heterocycles. The predicted molar refractivity (Wildman–Crippen MR) is 71.4 cm³/mol. The van der Waals surface area contributed by atoms with Crippen LogP contribution in [0.25, 0.3) is 0 Å². The van der Waals surface area contributed by atoms with Gasteiger partial charge in [-0.05, 0) is 34.0 Å². The summed E-state index contributed by atoms with van der Waals surface area (Å²) in [4.78, 5) is 0. The van der Waals surface area contributed by atoms with Gasteiger partial charge in [0.05, 0.1) is 0 Å². The Morgan fingerprint density at radius 1 is 1.05 bits per heavy atom. The van der Waals surface area contributed by atoms with Crippen molar-refractivity contribution in [3.63, 3.8) is 0 Å². The highest BCUT2D eigenvalue weighted by Crippen LogP contribution is 2.25. The first-order chi connectivity index (χ1) is 9.43. The zero-order chi connectivity index (χ0) is 12.9. The molecule has 3 aromatic rings. The molecule has 1 N–H and O–H groups in total. The molecular formula is C15H13N4. The number of benzene rings is 2. The second-order valence-electron chi connectivity index (χ2n) is 4.36. The van der Waals surface area contributed by atoms with Crippen LogP contribution in [-0.4, -0.2) is 20.6 Å². The first-order valence-electron chi connectivity index (χ1n) is 6.17. The zero-order valence-corrected chi connectivity index (χ0v) is 10.3. The van der Waals surface area contributed by atoms with Gasteiger partial charge in [0.25, 0.3) is 0 Å². The molecule has 4 nitrogen and oxygen atoms in total. The lowest BCUT2D eigenvalue weighted by molar-refractivity contribution is 0.740. The van der Waals surface area contributed by atoms with Gasteiger partial charge >= 0.3 is 0 Å². The lowest BCUT2D eigenvalue weighted by Crippen LogP contribution is -2.07. The fourth-order valence-electron chi connectivity index (χ4n) is 2.17. The normalized spacial score (nSPS) is 12.2. The molecular weight excluding hydrogens is 236 g/mol. The van der Waals surface area contributed by atoms with Crippen LogP contribution in [0, 0.1) is 6.07 Å². The van der Waals surface area contributed by atoms with Gasteiger partial charge in [0.15, 0.2) is 5.82 Å². The molecule has 0 amide bonds. The average Bonchev–Trinajstić information content (AvgIpc) is 3.01. The van der Waals surface area contributed by atoms with E-state index in [2.05, 4.69) is 51.0 Å². The van der Waals surface area contributed by atoms with E-state index in [0.29, 0.717) is 0 Å². The van der Waals surface area contributed by atoms with Crippen LogP contribution in [0.1, 0.15) is 22.9 Å². The minimum atomic E-state index is 0.138. The molecule has 2 aromatic carbocycles. The van der Waals surface area contributed by atoms with Gasteiger partial charge in [0.2, 0.25) is 0 Å². The summed E-state index contributed by atoms with van der Waals surface area (Å²) in [5.41, 5.74) is 2.44. The van der Waals surface area contributed by atoms with Crippen molar-refractivity contribution in [2.75, 3.05) is 0 Å². The van der Waals surface area contributed by atoms with E-state index in [9.17, 15) is 0 Å². The summed E-state index contributed by atoms with van der Waals surface area (Å²) in [5.74, 6) is 0.928. The summed E-state index contributed by atoms with van der Waals surface area (Å²) in [5, 5.41) is 14.3. The molecule has 0 aliphatic rings. The maximum Gasteiger partial charge on any atom is 0.156 e. The Bertz CT molecular complexity index is 605. The summed E-state index contributed by atoms with van der Waals surface area (Å²) < 4.78 is 0. The van der Waals surface area contributed by atoms with E-state index in [0.717, 1.165) is 12.2 Å². The van der Waals surface area contributed by atoms with E-state index in [1.165, 1.54) is 11.1 Å². The molecule has 1 aromatic heterocycles. The molecule has 4 heteroatoms. The first-order valence-corrected chi connectivity index (χ1v) is 6.17. The molecule has 0 fully saturated rings. The molecule has 1 radical (unpaired) electrons. The highest BCUT2D eigenvalue weighted by atomic mass is 15.5. The Morgan fingerprint density at radius 2 is 1.84 bits per heavy atom. The number of nitrogens with one attached hydrogen (secondary N) is 1. The van der Waals surface area contributed by atoms with Crippen molar-refractivity contribution in [1.82, 2.24) is 20.6 Å². The minimum Gasteiger partial charge on any atom is -0.242 e. The molecule has 0 spiro atoms. The van der Waals surface area contributed by atoms with Crippen LogP contribution in [0.15, 0.2) is 54.6 Å². The van der Waals surface area contributed by atoms with Gasteiger partial charge in [0.1, 0.15) is 0 Å². The second kappa shape index (κ2) is 5.44. The van der Waals surface area contributed by atoms with Crippen LogP contribution >= 0.6 is 0 Å². The van der Waals surface area contributed by atoms with Crippen LogP contribution in [0.2, 0.25) is 0 Å². The van der Waals surface area contributed by atoms with Crippen molar-refractivity contribution in [2.45, 2.75) is 12.3 Å². The van der Waals surface area contributed by atoms with Gasteiger partial charge in [-0.3, -0.25) is 0 Å². The van der Waals surface area contributed by atoms with Crippen molar-refractivity contribution in [3.8, 4) is 0 Å². The van der Waals surface area contributed by atoms with Crippen LogP contribution in [0.5, 0.6) is 0 Å². The molecule has 0 saturated heterocycles. The van der Waals surface area contributed by atoms with E-state index >= 15 is 0 Å². The SMILES string of the molecule is [c]1ccc(CC(c2ccccc2)c2nnn[nH]2)cc1. The first kappa shape index (κ1) is 11.6. The molecule has 3 rings (SSSR count). The largest absolute Gasteiger partial charge is 0.242 e. The monoisotopic (exact) mass is 249 g/mol. The number of hydrogen-bond acceptors (Lipinski definition) is 3. The van der Waals surface area contributed by atoms with Gasteiger partial charge in [-0.15, -0.1) is 5.10 Å². The van der Waals surface area contributed by atoms with Crippen molar-refractivity contribution in [1.29, 1.82) is 0 Å². The number of H-pyrrole nitrogens is 1. The Balaban J connectivity index is 1.94. The van der Waals surface area contributed by atoms with Crippen molar-refractivity contribution in [3.05, 3.63) is 77.6 Å². The fraction of sp³-hybridized carbons (Fsp3) is 0.133. The number of aromatic amines is 1. The quantitative estimate of drug-likeness (QED) is 0.772. The molecule has 1 unspecified atom stereocenters. The van der Waals surface area contributed by atoms with Crippen LogP contribution in [-0.2, 0) is 6.42 Å². The molecule has 0 saturated carbocycles. The van der Waals surface area contributed by atoms with Gasteiger partial charge in [0, 0.05) is 5.92 Å². The topological polar surface area (TPSA) is 54.5 Å². The third-order valence-corrected chi connectivity index (χ3v) is 3.12. The number of rotatable bonds is 4. The third kappa shape index (κ3) is 2.68. The Kier molecular flexibility index (Phi) is 3.32. The number of aromatic nitrogens is 4. The van der Waals surface area contributed by atoms with Crippen LogP contribution < -0.4 is 0 Å². The van der Waals surface area contributed by atoms with E-state index < -0.39 is 0 Å². The van der Waals surface area contributed by atoms with E-state index in [1.54, 1.807) is 0 Å².